The minimum Gasteiger partial charge on any atom is -0.468 e. The van der Waals surface area contributed by atoms with Gasteiger partial charge in [0.25, 0.3) is 0 Å². The van der Waals surface area contributed by atoms with Gasteiger partial charge in [-0.3, -0.25) is 10.1 Å². The SMILES string of the molecule is COC(=O)[C@H]1CO[CH]N1. The number of hydrogen-bond donors (Lipinski definition) is 1. The molecular formula is C5H8NO3. The highest BCUT2D eigenvalue weighted by Gasteiger charge is 2.23. The lowest BCUT2D eigenvalue weighted by Gasteiger charge is -2.02. The molecule has 0 saturated carbocycles. The van der Waals surface area contributed by atoms with Crippen molar-refractivity contribution in [3.8, 4) is 0 Å². The zero-order valence-electron chi connectivity index (χ0n) is 5.09. The minimum absolute atomic E-state index is 0.288. The molecule has 9 heavy (non-hydrogen) atoms. The second kappa shape index (κ2) is 2.80. The molecule has 1 rings (SSSR count). The Morgan fingerprint density at radius 2 is 2.78 bits per heavy atom. The molecular weight excluding hydrogens is 122 g/mol. The molecule has 1 N–H and O–H groups in total. The van der Waals surface area contributed by atoms with Crippen molar-refractivity contribution in [2.24, 2.45) is 0 Å². The average molecular weight is 130 g/mol. The molecule has 1 aliphatic rings. The molecule has 0 aromatic carbocycles. The summed E-state index contributed by atoms with van der Waals surface area (Å²) in [7, 11) is 1.35. The van der Waals surface area contributed by atoms with E-state index in [-0.39, 0.29) is 12.0 Å². The maximum atomic E-state index is 10.6. The number of methoxy groups -OCH3 is 1. The predicted molar refractivity (Wildman–Crippen MR) is 29.2 cm³/mol. The fraction of sp³-hybridized carbons (Fsp3) is 0.600. The highest BCUT2D eigenvalue weighted by atomic mass is 16.5. The van der Waals surface area contributed by atoms with Gasteiger partial charge in [-0.25, -0.2) is 0 Å². The van der Waals surface area contributed by atoms with E-state index in [9.17, 15) is 4.79 Å². The van der Waals surface area contributed by atoms with Crippen LogP contribution in [0.15, 0.2) is 0 Å². The average Bonchev–Trinajstić information content (AvgIpc) is 2.37. The normalized spacial score (nSPS) is 26.1. The van der Waals surface area contributed by atoms with E-state index >= 15 is 0 Å². The van der Waals surface area contributed by atoms with Crippen LogP contribution in [-0.4, -0.2) is 25.7 Å². The van der Waals surface area contributed by atoms with Crippen molar-refractivity contribution in [1.29, 1.82) is 0 Å². The number of esters is 1. The third-order valence-electron chi connectivity index (χ3n) is 1.10. The van der Waals surface area contributed by atoms with Gasteiger partial charge in [-0.15, -0.1) is 0 Å². The fourth-order valence-corrected chi connectivity index (χ4v) is 0.601. The lowest BCUT2D eigenvalue weighted by atomic mass is 10.3. The van der Waals surface area contributed by atoms with Crippen molar-refractivity contribution < 1.29 is 14.3 Å². The quantitative estimate of drug-likeness (QED) is 0.475. The van der Waals surface area contributed by atoms with Crippen molar-refractivity contribution in [3.63, 3.8) is 0 Å². The summed E-state index contributed by atoms with van der Waals surface area (Å²) >= 11 is 0. The van der Waals surface area contributed by atoms with E-state index in [1.165, 1.54) is 13.8 Å². The summed E-state index contributed by atoms with van der Waals surface area (Å²) < 4.78 is 9.18. The van der Waals surface area contributed by atoms with E-state index in [1.54, 1.807) is 0 Å². The second-order valence-corrected chi connectivity index (χ2v) is 1.69. The van der Waals surface area contributed by atoms with Crippen molar-refractivity contribution in [2.75, 3.05) is 13.7 Å². The minimum atomic E-state index is -0.310. The van der Waals surface area contributed by atoms with E-state index in [0.29, 0.717) is 6.61 Å². The topological polar surface area (TPSA) is 47.6 Å². The second-order valence-electron chi connectivity index (χ2n) is 1.69. The smallest absolute Gasteiger partial charge is 0.325 e. The van der Waals surface area contributed by atoms with Crippen LogP contribution in [0.3, 0.4) is 0 Å². The van der Waals surface area contributed by atoms with Gasteiger partial charge in [0.15, 0.2) is 0 Å². The number of ether oxygens (including phenoxy) is 2. The predicted octanol–water partition coefficient (Wildman–Crippen LogP) is -0.733. The summed E-state index contributed by atoms with van der Waals surface area (Å²) in [6.45, 7) is 1.76. The number of carbonyl (C=O) groups excluding carboxylic acids is 1. The van der Waals surface area contributed by atoms with E-state index in [2.05, 4.69) is 10.1 Å². The Kier molecular flexibility index (Phi) is 2.02. The van der Waals surface area contributed by atoms with Crippen LogP contribution in [-0.2, 0) is 14.3 Å². The lowest BCUT2D eigenvalue weighted by molar-refractivity contribution is -0.142. The summed E-state index contributed by atoms with van der Waals surface area (Å²) in [5, 5.41) is 2.69. The number of rotatable bonds is 1. The fourth-order valence-electron chi connectivity index (χ4n) is 0.601. The summed E-state index contributed by atoms with van der Waals surface area (Å²) in [4.78, 5) is 10.6. The van der Waals surface area contributed by atoms with Crippen LogP contribution in [0.1, 0.15) is 0 Å². The molecule has 0 unspecified atom stereocenters. The Morgan fingerprint density at radius 3 is 3.22 bits per heavy atom. The monoisotopic (exact) mass is 130 g/mol. The van der Waals surface area contributed by atoms with Gasteiger partial charge in [0.2, 0.25) is 0 Å². The first-order valence-corrected chi connectivity index (χ1v) is 2.62. The lowest BCUT2D eigenvalue weighted by Crippen LogP contribution is -2.32. The first kappa shape index (κ1) is 6.51. The van der Waals surface area contributed by atoms with Gasteiger partial charge in [0.1, 0.15) is 12.8 Å². The zero-order chi connectivity index (χ0) is 6.69. The third-order valence-corrected chi connectivity index (χ3v) is 1.10. The summed E-state index contributed by atoms with van der Waals surface area (Å²) in [6.07, 6.45) is 0. The summed E-state index contributed by atoms with van der Waals surface area (Å²) in [5.41, 5.74) is 0. The first-order valence-electron chi connectivity index (χ1n) is 2.62. The Labute approximate surface area is 53.1 Å². The molecule has 0 amide bonds. The van der Waals surface area contributed by atoms with Gasteiger partial charge in [0, 0.05) is 0 Å². The first-order chi connectivity index (χ1) is 4.34. The maximum absolute atomic E-state index is 10.6. The molecule has 1 atom stereocenters. The van der Waals surface area contributed by atoms with E-state index in [0.717, 1.165) is 0 Å². The van der Waals surface area contributed by atoms with Crippen molar-refractivity contribution >= 4 is 5.97 Å². The van der Waals surface area contributed by atoms with E-state index in [4.69, 9.17) is 4.74 Å². The Balaban J connectivity index is 2.32. The molecule has 4 heteroatoms. The van der Waals surface area contributed by atoms with Crippen LogP contribution in [0.4, 0.5) is 0 Å². The van der Waals surface area contributed by atoms with Crippen LogP contribution in [0.25, 0.3) is 0 Å². The van der Waals surface area contributed by atoms with Gasteiger partial charge in [-0.2, -0.15) is 0 Å². The molecule has 4 nitrogen and oxygen atoms in total. The summed E-state index contributed by atoms with van der Waals surface area (Å²) in [6, 6.07) is -0.310. The largest absolute Gasteiger partial charge is 0.468 e. The van der Waals surface area contributed by atoms with Crippen molar-refractivity contribution in [3.05, 3.63) is 6.73 Å². The number of nitrogens with one attached hydrogen (secondary N) is 1. The van der Waals surface area contributed by atoms with E-state index < -0.39 is 0 Å². The standard InChI is InChI=1S/C5H8NO3/c1-8-5(7)4-2-9-3-6-4/h3-4,6H,2H2,1H3/t4-/m1/s1. The van der Waals surface area contributed by atoms with Gasteiger partial charge < -0.3 is 9.47 Å². The Hall–Kier alpha value is -0.610. The maximum Gasteiger partial charge on any atom is 0.325 e. The molecule has 0 aromatic heterocycles. The molecule has 0 bridgehead atoms. The molecule has 1 fully saturated rings. The van der Waals surface area contributed by atoms with Crippen LogP contribution < -0.4 is 5.32 Å². The molecule has 1 aliphatic heterocycles. The Bertz CT molecular complexity index is 109. The van der Waals surface area contributed by atoms with Gasteiger partial charge in [-0.05, 0) is 0 Å². The van der Waals surface area contributed by atoms with Crippen LogP contribution in [0.2, 0.25) is 0 Å². The van der Waals surface area contributed by atoms with Crippen LogP contribution in [0.5, 0.6) is 0 Å². The summed E-state index contributed by atoms with van der Waals surface area (Å²) in [5.74, 6) is -0.288. The van der Waals surface area contributed by atoms with Gasteiger partial charge in [-0.1, -0.05) is 0 Å². The van der Waals surface area contributed by atoms with Crippen molar-refractivity contribution in [1.82, 2.24) is 5.32 Å². The Morgan fingerprint density at radius 1 is 2.00 bits per heavy atom. The van der Waals surface area contributed by atoms with Crippen LogP contribution in [0, 0.1) is 6.73 Å². The highest BCUT2D eigenvalue weighted by Crippen LogP contribution is 1.98. The molecule has 1 radical (unpaired) electrons. The van der Waals surface area contributed by atoms with Gasteiger partial charge >= 0.3 is 5.97 Å². The van der Waals surface area contributed by atoms with E-state index in [1.807, 2.05) is 0 Å². The molecule has 0 aromatic rings. The number of hydrogen-bond acceptors (Lipinski definition) is 4. The van der Waals surface area contributed by atoms with Crippen molar-refractivity contribution in [2.45, 2.75) is 6.04 Å². The molecule has 0 aliphatic carbocycles. The zero-order valence-corrected chi connectivity index (χ0v) is 5.09. The molecule has 1 saturated heterocycles. The third kappa shape index (κ3) is 1.40. The van der Waals surface area contributed by atoms with Crippen LogP contribution >= 0.6 is 0 Å². The molecule has 0 spiro atoms. The number of carbonyl (C=O) groups is 1. The molecule has 51 valence electrons. The molecule has 1 heterocycles. The highest BCUT2D eigenvalue weighted by molar-refractivity contribution is 5.76. The van der Waals surface area contributed by atoms with Gasteiger partial charge in [0.05, 0.1) is 13.7 Å².